The van der Waals surface area contributed by atoms with Crippen LogP contribution in [-0.2, 0) is 20.9 Å². The van der Waals surface area contributed by atoms with Gasteiger partial charge in [-0.3, -0.25) is 9.59 Å². The van der Waals surface area contributed by atoms with Crippen LogP contribution < -0.4 is 19.0 Å². The van der Waals surface area contributed by atoms with Crippen molar-refractivity contribution in [1.29, 1.82) is 0 Å². The quantitative estimate of drug-likeness (QED) is 0.511. The fraction of sp³-hybridized carbons (Fsp3) is 0.286. The van der Waals surface area contributed by atoms with E-state index in [1.807, 2.05) is 30.3 Å². The fourth-order valence-corrected chi connectivity index (χ4v) is 3.82. The Balaban J connectivity index is 1.90. The minimum absolute atomic E-state index is 0.0847. The van der Waals surface area contributed by atoms with Gasteiger partial charge in [0.1, 0.15) is 12.3 Å². The number of carbonyl (C=O) groups is 2. The molecule has 2 aromatic carbocycles. The molecular weight excluding hydrogens is 408 g/mol. The number of fused-ring (bicyclic) bond motifs is 1. The average molecular weight is 430 g/mol. The second kappa shape index (κ2) is 9.93. The smallest absolute Gasteiger partial charge is 0.325 e. The Morgan fingerprint density at radius 3 is 2.40 bits per heavy atom. The first kappa shape index (κ1) is 21.4. The highest BCUT2D eigenvalue weighted by Gasteiger charge is 2.15. The Morgan fingerprint density at radius 1 is 1.03 bits per heavy atom. The molecule has 1 aromatic heterocycles. The molecule has 1 amide bonds. The lowest BCUT2D eigenvalue weighted by Gasteiger charge is -2.09. The van der Waals surface area contributed by atoms with Crippen molar-refractivity contribution in [1.82, 2.24) is 4.57 Å². The molecule has 0 bridgehead atoms. The van der Waals surface area contributed by atoms with E-state index in [-0.39, 0.29) is 25.5 Å². The van der Waals surface area contributed by atoms with Gasteiger partial charge in [-0.05, 0) is 12.1 Å². The minimum Gasteiger partial charge on any atom is -0.493 e. The molecule has 0 unspecified atom stereocenters. The third kappa shape index (κ3) is 4.98. The molecule has 0 N–H and O–H groups in total. The summed E-state index contributed by atoms with van der Waals surface area (Å²) >= 11 is 1.27. The van der Waals surface area contributed by atoms with Crippen LogP contribution in [0, 0.1) is 0 Å². The van der Waals surface area contributed by atoms with Gasteiger partial charge in [0.15, 0.2) is 16.3 Å². The van der Waals surface area contributed by atoms with Gasteiger partial charge in [0.05, 0.1) is 44.6 Å². The number of hydrogen-bond acceptors (Lipinski definition) is 7. The predicted octanol–water partition coefficient (Wildman–Crippen LogP) is 2.79. The van der Waals surface area contributed by atoms with Crippen LogP contribution in [0.5, 0.6) is 17.2 Å². The van der Waals surface area contributed by atoms with Gasteiger partial charge >= 0.3 is 5.97 Å². The number of methoxy groups -OCH3 is 3. The van der Waals surface area contributed by atoms with Crippen LogP contribution in [0.25, 0.3) is 10.2 Å². The zero-order valence-electron chi connectivity index (χ0n) is 16.9. The van der Waals surface area contributed by atoms with Crippen molar-refractivity contribution in [2.24, 2.45) is 4.99 Å². The number of ether oxygens (including phenoxy) is 4. The normalized spacial score (nSPS) is 11.4. The monoisotopic (exact) mass is 430 g/mol. The van der Waals surface area contributed by atoms with Gasteiger partial charge in [0, 0.05) is 12.1 Å². The number of rotatable bonds is 8. The summed E-state index contributed by atoms with van der Waals surface area (Å²) in [4.78, 5) is 28.9. The summed E-state index contributed by atoms with van der Waals surface area (Å²) in [7, 11) is 4.38. The van der Waals surface area contributed by atoms with Gasteiger partial charge in [-0.15, -0.1) is 0 Å². The molecule has 0 saturated heterocycles. The van der Waals surface area contributed by atoms with Crippen molar-refractivity contribution in [3.63, 3.8) is 0 Å². The van der Waals surface area contributed by atoms with Crippen LogP contribution in [0.15, 0.2) is 47.5 Å². The van der Waals surface area contributed by atoms with Gasteiger partial charge in [0.2, 0.25) is 0 Å². The summed E-state index contributed by atoms with van der Waals surface area (Å²) in [5.41, 5.74) is 0.690. The lowest BCUT2D eigenvalue weighted by Crippen LogP contribution is -2.22. The molecule has 0 saturated carbocycles. The van der Waals surface area contributed by atoms with E-state index in [1.54, 1.807) is 23.8 Å². The number of hydrogen-bond donors (Lipinski definition) is 0. The number of para-hydroxylation sites is 1. The van der Waals surface area contributed by atoms with Crippen LogP contribution >= 0.6 is 11.3 Å². The molecule has 8 nitrogen and oxygen atoms in total. The number of esters is 1. The van der Waals surface area contributed by atoms with E-state index in [0.29, 0.717) is 27.6 Å². The highest BCUT2D eigenvalue weighted by molar-refractivity contribution is 7.16. The number of benzene rings is 2. The van der Waals surface area contributed by atoms with Crippen LogP contribution in [-0.4, -0.2) is 44.4 Å². The minimum atomic E-state index is -0.453. The van der Waals surface area contributed by atoms with Gasteiger partial charge in [-0.25, -0.2) is 0 Å². The summed E-state index contributed by atoms with van der Waals surface area (Å²) in [6.07, 6.45) is 0.105. The van der Waals surface area contributed by atoms with E-state index in [4.69, 9.17) is 18.9 Å². The van der Waals surface area contributed by atoms with Crippen molar-refractivity contribution in [3.8, 4) is 17.2 Å². The van der Waals surface area contributed by atoms with Crippen LogP contribution in [0.2, 0.25) is 0 Å². The summed E-state index contributed by atoms with van der Waals surface area (Å²) in [5.74, 6) is 0.939. The maximum atomic E-state index is 12.4. The molecule has 0 spiro atoms. The average Bonchev–Trinajstić information content (AvgIpc) is 3.08. The number of aromatic nitrogens is 1. The van der Waals surface area contributed by atoms with Gasteiger partial charge in [-0.1, -0.05) is 29.5 Å². The number of carbonyl (C=O) groups excluding carboxylic acids is 2. The van der Waals surface area contributed by atoms with Gasteiger partial charge in [-0.2, -0.15) is 4.99 Å². The molecule has 3 rings (SSSR count). The van der Waals surface area contributed by atoms with E-state index in [2.05, 4.69) is 4.99 Å². The molecular formula is C21H22N2O6S. The standard InChI is InChI=1S/C21H22N2O6S/c1-26-16-11-15-18(12-17(16)27-2)30-21(23(15)13-20(25)28-3)22-19(24)9-10-29-14-7-5-4-6-8-14/h4-8,11-12H,9-10,13H2,1-3H3. The van der Waals surface area contributed by atoms with Crippen molar-refractivity contribution in [2.45, 2.75) is 13.0 Å². The Morgan fingerprint density at radius 2 is 1.73 bits per heavy atom. The van der Waals surface area contributed by atoms with Crippen LogP contribution in [0.3, 0.4) is 0 Å². The lowest BCUT2D eigenvalue weighted by molar-refractivity contribution is -0.141. The third-order valence-corrected chi connectivity index (χ3v) is 5.29. The number of thiazole rings is 1. The van der Waals surface area contributed by atoms with Crippen LogP contribution in [0.1, 0.15) is 6.42 Å². The second-order valence-electron chi connectivity index (χ2n) is 6.14. The fourth-order valence-electron chi connectivity index (χ4n) is 2.76. The summed E-state index contributed by atoms with van der Waals surface area (Å²) in [6.45, 7) is 0.120. The van der Waals surface area contributed by atoms with Crippen molar-refractivity contribution >= 4 is 33.4 Å². The first-order valence-corrected chi connectivity index (χ1v) is 9.95. The Bertz CT molecular complexity index is 1100. The molecule has 0 atom stereocenters. The molecule has 0 aliphatic carbocycles. The molecule has 0 fully saturated rings. The summed E-state index contributed by atoms with van der Waals surface area (Å²) in [6, 6.07) is 12.8. The van der Waals surface area contributed by atoms with Crippen molar-refractivity contribution < 1.29 is 28.5 Å². The number of amides is 1. The SMILES string of the molecule is COC(=O)Cn1c(=NC(=O)CCOc2ccccc2)sc2cc(OC)c(OC)cc21. The highest BCUT2D eigenvalue weighted by Crippen LogP contribution is 2.33. The topological polar surface area (TPSA) is 88.4 Å². The van der Waals surface area contributed by atoms with Gasteiger partial charge in [0.25, 0.3) is 5.91 Å². The molecule has 0 aliphatic rings. The molecule has 9 heteroatoms. The molecule has 1 heterocycles. The lowest BCUT2D eigenvalue weighted by atomic mass is 10.3. The van der Waals surface area contributed by atoms with Crippen molar-refractivity contribution in [2.75, 3.05) is 27.9 Å². The van der Waals surface area contributed by atoms with E-state index < -0.39 is 5.97 Å². The van der Waals surface area contributed by atoms with Crippen molar-refractivity contribution in [3.05, 3.63) is 47.3 Å². The van der Waals surface area contributed by atoms with E-state index in [9.17, 15) is 9.59 Å². The Hall–Kier alpha value is -3.33. The van der Waals surface area contributed by atoms with E-state index in [0.717, 1.165) is 4.70 Å². The summed E-state index contributed by atoms with van der Waals surface area (Å²) in [5, 5.41) is 0. The molecule has 0 radical (unpaired) electrons. The molecule has 158 valence electrons. The van der Waals surface area contributed by atoms with E-state index >= 15 is 0 Å². The summed E-state index contributed by atoms with van der Waals surface area (Å²) < 4.78 is 23.5. The zero-order valence-corrected chi connectivity index (χ0v) is 17.7. The maximum Gasteiger partial charge on any atom is 0.325 e. The largest absolute Gasteiger partial charge is 0.493 e. The van der Waals surface area contributed by atoms with Crippen LogP contribution in [0.4, 0.5) is 0 Å². The molecule has 3 aromatic rings. The maximum absolute atomic E-state index is 12.4. The van der Waals surface area contributed by atoms with Gasteiger partial charge < -0.3 is 23.5 Å². The first-order valence-electron chi connectivity index (χ1n) is 9.13. The second-order valence-corrected chi connectivity index (χ2v) is 7.15. The highest BCUT2D eigenvalue weighted by atomic mass is 32.1. The first-order chi connectivity index (χ1) is 14.5. The van der Waals surface area contributed by atoms with E-state index in [1.165, 1.54) is 25.6 Å². The Labute approximate surface area is 177 Å². The number of nitrogens with zero attached hydrogens (tertiary/aromatic N) is 2. The Kier molecular flexibility index (Phi) is 7.08. The molecule has 0 aliphatic heterocycles. The third-order valence-electron chi connectivity index (χ3n) is 4.25. The zero-order chi connectivity index (χ0) is 21.5. The predicted molar refractivity (Wildman–Crippen MR) is 112 cm³/mol. The molecule has 30 heavy (non-hydrogen) atoms.